The lowest BCUT2D eigenvalue weighted by Gasteiger charge is -2.33. The van der Waals surface area contributed by atoms with Gasteiger partial charge in [-0.1, -0.05) is 117 Å². The molecular weight excluding hydrogens is 973 g/mol. The molecule has 78 heavy (non-hydrogen) atoms. The van der Waals surface area contributed by atoms with Gasteiger partial charge in [-0.05, 0) is 167 Å². The van der Waals surface area contributed by atoms with Crippen molar-refractivity contribution in [2.45, 2.75) is 115 Å². The highest BCUT2D eigenvalue weighted by atomic mass is 16.5. The first kappa shape index (κ1) is 54.4. The largest absolute Gasteiger partial charge is 0.504 e. The number of aliphatic hydroxyl groups excluding tert-OH is 3. The van der Waals surface area contributed by atoms with Crippen LogP contribution in [0.15, 0.2) is 139 Å². The number of carbonyl (C=O) groups excluding carboxylic acids is 2. The highest BCUT2D eigenvalue weighted by Gasteiger charge is 2.43. The molecule has 8 N–H and O–H groups in total. The normalized spacial score (nSPS) is 26.3. The predicted octanol–water partition coefficient (Wildman–Crippen LogP) is 10.2. The molecule has 1 saturated carbocycles. The summed E-state index contributed by atoms with van der Waals surface area (Å²) in [6.45, 7) is 6.02. The van der Waals surface area contributed by atoms with Crippen LogP contribution in [0.1, 0.15) is 115 Å². The van der Waals surface area contributed by atoms with Crippen LogP contribution in [0.5, 0.6) is 11.5 Å². The highest BCUT2D eigenvalue weighted by Crippen LogP contribution is 2.45. The van der Waals surface area contributed by atoms with E-state index in [1.54, 1.807) is 12.1 Å². The molecule has 9 bridgehead atoms. The van der Waals surface area contributed by atoms with Crippen molar-refractivity contribution in [3.63, 3.8) is 0 Å². The third-order valence-corrected chi connectivity index (χ3v) is 17.1. The molecule has 3 heterocycles. The summed E-state index contributed by atoms with van der Waals surface area (Å²) in [5.74, 6) is 5.41. The summed E-state index contributed by atoms with van der Waals surface area (Å²) in [6, 6.07) is 37.0. The van der Waals surface area contributed by atoms with E-state index in [0.717, 1.165) is 86.2 Å². The first-order valence-electron chi connectivity index (χ1n) is 28.3. The van der Waals surface area contributed by atoms with Crippen molar-refractivity contribution >= 4 is 28.0 Å². The van der Waals surface area contributed by atoms with Gasteiger partial charge in [-0.25, -0.2) is 0 Å². The van der Waals surface area contributed by atoms with Gasteiger partial charge in [0.15, 0.2) is 29.2 Å². The number of ether oxygens (including phenoxy) is 1. The van der Waals surface area contributed by atoms with Gasteiger partial charge in [0.05, 0.1) is 25.2 Å². The van der Waals surface area contributed by atoms with Crippen LogP contribution in [-0.2, 0) is 35.3 Å². The van der Waals surface area contributed by atoms with Crippen LogP contribution >= 0.6 is 0 Å². The van der Waals surface area contributed by atoms with Crippen molar-refractivity contribution < 1.29 is 34.8 Å². The maximum Gasteiger partial charge on any atom is 0.173 e. The number of phenolic OH excluding ortho intramolecular Hbond substituents is 1. The van der Waals surface area contributed by atoms with Gasteiger partial charge in [0, 0.05) is 61.9 Å². The van der Waals surface area contributed by atoms with Crippen LogP contribution in [0.2, 0.25) is 0 Å². The van der Waals surface area contributed by atoms with Crippen molar-refractivity contribution in [3.8, 4) is 23.3 Å². The van der Waals surface area contributed by atoms with Gasteiger partial charge in [-0.3, -0.25) is 9.59 Å². The molecule has 5 aromatic carbocycles. The Hall–Kier alpha value is -6.94. The third-order valence-electron chi connectivity index (χ3n) is 17.1. The topological polar surface area (TPSA) is 176 Å². The van der Waals surface area contributed by atoms with Gasteiger partial charge in [-0.2, -0.15) is 0 Å². The Balaban J connectivity index is 1.07. The number of benzene rings is 5. The number of β-amino-alcohol motifs (C(OH)–C–C–N with tert-alkyl or cyclic N) is 1. The Morgan fingerprint density at radius 2 is 1.60 bits per heavy atom. The number of aryl methyl sites for hydroxylation is 1. The fraction of sp³-hybridized carbons (Fsp3) is 0.403. The Bertz CT molecular complexity index is 3210. The second kappa shape index (κ2) is 24.8. The number of hydrogen-bond acceptors (Lipinski definition) is 10. The van der Waals surface area contributed by atoms with Gasteiger partial charge in [-0.15, -0.1) is 0 Å². The van der Waals surface area contributed by atoms with Gasteiger partial charge in [0.1, 0.15) is 5.82 Å². The molecule has 4 aliphatic rings. The number of nitrogens with one attached hydrogen (secondary N) is 4. The van der Waals surface area contributed by atoms with E-state index >= 15 is 4.79 Å². The highest BCUT2D eigenvalue weighted by molar-refractivity contribution is 6.06. The van der Waals surface area contributed by atoms with Crippen molar-refractivity contribution in [1.29, 1.82) is 0 Å². The number of anilines is 1. The number of rotatable bonds is 6. The standard InChI is InChI=1S/C67H76N4O7/c1-4-11-57-51-28-45(27-48-18-20-56(46-14-9-6-10-15-46)58-37-63(75)64(78-3)35-49(58)19-21-61(73)67(77)66(76)59(48)33-51)24-44-22-23-69-65(30-44)71-60-34-50-26-43(16-17-47(50)31-52(60)25-42-12-7-5-8-13-42)29-55(72)40-68-38-41(2)53-32-54(70-39-53)36-62(57)74/h5-10,12-17,22,26,30-32,34-35,37,39,41,45,48,51,55-57,59,62,67-72,74-75,77H,4,11,19,21,23-25,27-29,33,36,38,40H2,1-3H3/t41-,45-,48-,51-,55-,56+,57+,59-,62+,67-/m0/s1. The summed E-state index contributed by atoms with van der Waals surface area (Å²) in [5.41, 5.74) is 10.0. The summed E-state index contributed by atoms with van der Waals surface area (Å²) >= 11 is 0. The number of fused-ring (bicyclic) bond motifs is 9. The summed E-state index contributed by atoms with van der Waals surface area (Å²) in [4.78, 5) is 32.7. The zero-order valence-corrected chi connectivity index (χ0v) is 45.3. The molecular formula is C67H76N4O7. The number of methoxy groups -OCH3 is 1. The number of aromatic hydroxyl groups is 1. The fourth-order valence-electron chi connectivity index (χ4n) is 13.0. The van der Waals surface area contributed by atoms with E-state index in [9.17, 15) is 25.2 Å². The van der Waals surface area contributed by atoms with Crippen molar-refractivity contribution in [3.05, 3.63) is 184 Å². The summed E-state index contributed by atoms with van der Waals surface area (Å²) in [5, 5.41) is 60.1. The molecule has 406 valence electrons. The number of Topliss-reactive ketones (excluding diaryl/α,β-unsaturated/α-hetero) is 2. The van der Waals surface area contributed by atoms with E-state index in [1.807, 2.05) is 42.6 Å². The summed E-state index contributed by atoms with van der Waals surface area (Å²) < 4.78 is 5.54. The number of H-pyrrole nitrogens is 1. The van der Waals surface area contributed by atoms with Crippen LogP contribution in [0.25, 0.3) is 10.8 Å². The van der Waals surface area contributed by atoms with E-state index in [4.69, 9.17) is 4.74 Å². The SMILES string of the molecule is CCC[C@@H]1[C@H]2C[C@@H](CC3=CCNC(=C3)Nc3cc4cc(ccc4cc3Cc3ccccc3)C[C@H](O)CNC[C@H](C)c3c[nH]c(c3)C[C@H]1O)C[C@@H]1C#C[C@H](c3ccccc3)c3cc(O)c(OC)cc3CCC(=O)[C@H](O)C(=O)[C@H]1C2. The molecule has 0 spiro atoms. The quantitative estimate of drug-likeness (QED) is 0.0592. The van der Waals surface area contributed by atoms with Gasteiger partial charge in [0.2, 0.25) is 0 Å². The fourth-order valence-corrected chi connectivity index (χ4v) is 13.0. The molecule has 10 atom stereocenters. The number of aromatic nitrogens is 1. The minimum absolute atomic E-state index is 0.0139. The molecule has 1 fully saturated rings. The number of dihydropyridines is 1. The number of carbonyl (C=O) groups is 2. The molecule has 0 radical (unpaired) electrons. The number of ketones is 2. The number of aliphatic hydroxyl groups is 3. The molecule has 11 nitrogen and oxygen atoms in total. The van der Waals surface area contributed by atoms with E-state index in [-0.39, 0.29) is 48.0 Å². The van der Waals surface area contributed by atoms with Crippen molar-refractivity contribution in [2.24, 2.45) is 29.6 Å². The Morgan fingerprint density at radius 3 is 2.40 bits per heavy atom. The van der Waals surface area contributed by atoms with Gasteiger partial charge < -0.3 is 46.1 Å². The lowest BCUT2D eigenvalue weighted by Crippen LogP contribution is -2.40. The smallest absolute Gasteiger partial charge is 0.173 e. The Labute approximate surface area is 459 Å². The number of phenols is 1. The molecule has 0 amide bonds. The zero-order chi connectivity index (χ0) is 54.3. The molecule has 11 heteroatoms. The molecule has 1 aromatic heterocycles. The molecule has 0 saturated heterocycles. The average molecular weight is 1050 g/mol. The first-order valence-corrected chi connectivity index (χ1v) is 28.3. The van der Waals surface area contributed by atoms with Crippen LogP contribution in [0.4, 0.5) is 5.69 Å². The second-order valence-corrected chi connectivity index (χ2v) is 22.7. The molecule has 0 unspecified atom stereocenters. The van der Waals surface area contributed by atoms with Crippen LogP contribution in [-0.4, -0.2) is 82.0 Å². The Morgan fingerprint density at radius 1 is 0.795 bits per heavy atom. The van der Waals surface area contributed by atoms with Gasteiger partial charge in [0.25, 0.3) is 0 Å². The van der Waals surface area contributed by atoms with E-state index in [0.29, 0.717) is 58.2 Å². The number of hydrogen-bond donors (Lipinski definition) is 8. The second-order valence-electron chi connectivity index (χ2n) is 22.7. The van der Waals surface area contributed by atoms with Crippen molar-refractivity contribution in [2.75, 3.05) is 32.1 Å². The molecule has 2 aliphatic carbocycles. The maximum absolute atomic E-state index is 15.1. The minimum Gasteiger partial charge on any atom is -0.504 e. The maximum atomic E-state index is 15.1. The summed E-state index contributed by atoms with van der Waals surface area (Å²) in [7, 11) is 1.49. The monoisotopic (exact) mass is 1050 g/mol. The van der Waals surface area contributed by atoms with E-state index < -0.39 is 47.6 Å². The minimum atomic E-state index is -1.83. The first-order chi connectivity index (χ1) is 37.9. The van der Waals surface area contributed by atoms with Crippen LogP contribution in [0.3, 0.4) is 0 Å². The molecule has 2 aliphatic heterocycles. The summed E-state index contributed by atoms with van der Waals surface area (Å²) in [6.07, 6.45) is 8.93. The predicted molar refractivity (Wildman–Crippen MR) is 308 cm³/mol. The lowest BCUT2D eigenvalue weighted by atomic mass is 9.73. The molecule has 6 aromatic rings. The number of allylic oxidation sites excluding steroid dienone is 2. The average Bonchev–Trinajstić information content (AvgIpc) is 3.90. The van der Waals surface area contributed by atoms with Crippen LogP contribution in [0, 0.1) is 41.4 Å². The van der Waals surface area contributed by atoms with E-state index in [2.05, 4.69) is 119 Å². The van der Waals surface area contributed by atoms with Gasteiger partial charge >= 0.3 is 0 Å². The number of aromatic amines is 1. The van der Waals surface area contributed by atoms with E-state index in [1.165, 1.54) is 12.7 Å². The zero-order valence-electron chi connectivity index (χ0n) is 45.3. The van der Waals surface area contributed by atoms with Crippen molar-refractivity contribution in [1.82, 2.24) is 15.6 Å². The molecule has 10 rings (SSSR count). The Kier molecular flexibility index (Phi) is 17.3. The van der Waals surface area contributed by atoms with Crippen LogP contribution < -0.4 is 20.7 Å². The lowest BCUT2D eigenvalue weighted by molar-refractivity contribution is -0.142. The third kappa shape index (κ3) is 12.8.